The Morgan fingerprint density at radius 1 is 1.19 bits per heavy atom. The van der Waals surface area contributed by atoms with Gasteiger partial charge < -0.3 is 5.32 Å². The molecule has 0 aromatic rings. The van der Waals surface area contributed by atoms with E-state index in [-0.39, 0.29) is 16.9 Å². The first-order valence-electron chi connectivity index (χ1n) is 6.11. The maximum Gasteiger partial charge on any atom is 0.233 e. The fourth-order valence-electron chi connectivity index (χ4n) is 2.97. The van der Waals surface area contributed by atoms with Crippen LogP contribution >= 0.6 is 0 Å². The molecule has 0 unspecified atom stereocenters. The van der Waals surface area contributed by atoms with Gasteiger partial charge in [0.15, 0.2) is 0 Å². The van der Waals surface area contributed by atoms with Crippen molar-refractivity contribution in [2.45, 2.75) is 57.0 Å². The zero-order valence-corrected chi connectivity index (χ0v) is 9.35. The Balaban J connectivity index is 2.06. The Morgan fingerprint density at radius 2 is 1.88 bits per heavy atom. The van der Waals surface area contributed by atoms with Gasteiger partial charge in [-0.2, -0.15) is 0 Å². The third-order valence-electron chi connectivity index (χ3n) is 3.84. The smallest absolute Gasteiger partial charge is 0.233 e. The third-order valence-corrected chi connectivity index (χ3v) is 3.84. The number of hydrogen-bond donors (Lipinski definition) is 1. The molecule has 1 aliphatic heterocycles. The topological polar surface area (TPSA) is 72.2 Å². The lowest BCUT2D eigenvalue weighted by Crippen LogP contribution is -2.55. The molecule has 2 rings (SSSR count). The molecule has 1 saturated carbocycles. The van der Waals surface area contributed by atoms with Crippen molar-refractivity contribution in [3.8, 4) is 0 Å². The molecule has 2 atom stereocenters. The molecule has 0 aromatic heterocycles. The molecule has 1 aliphatic carbocycles. The fraction of sp³-hybridized carbons (Fsp3) is 0.909. The molecule has 5 heteroatoms. The summed E-state index contributed by atoms with van der Waals surface area (Å²) in [6.07, 6.45) is 6.25. The highest BCUT2D eigenvalue weighted by Crippen LogP contribution is 2.31. The summed E-state index contributed by atoms with van der Waals surface area (Å²) in [4.78, 5) is 22.1. The molecule has 16 heavy (non-hydrogen) atoms. The number of rotatable bonds is 2. The van der Waals surface area contributed by atoms with Crippen molar-refractivity contribution in [3.63, 3.8) is 0 Å². The van der Waals surface area contributed by atoms with E-state index in [2.05, 4.69) is 5.32 Å². The van der Waals surface area contributed by atoms with Crippen LogP contribution in [-0.2, 0) is 4.79 Å². The number of nitro groups is 1. The predicted molar refractivity (Wildman–Crippen MR) is 58.5 cm³/mol. The highest BCUT2D eigenvalue weighted by Gasteiger charge is 2.41. The van der Waals surface area contributed by atoms with Crippen LogP contribution in [0.2, 0.25) is 0 Å². The average Bonchev–Trinajstić information content (AvgIpc) is 2.29. The van der Waals surface area contributed by atoms with Crippen LogP contribution in [0.25, 0.3) is 0 Å². The highest BCUT2D eigenvalue weighted by atomic mass is 16.6. The van der Waals surface area contributed by atoms with Crippen LogP contribution in [0.4, 0.5) is 0 Å². The van der Waals surface area contributed by atoms with Crippen molar-refractivity contribution in [1.29, 1.82) is 0 Å². The Hall–Kier alpha value is -1.13. The van der Waals surface area contributed by atoms with E-state index in [0.29, 0.717) is 18.8 Å². The van der Waals surface area contributed by atoms with E-state index in [9.17, 15) is 14.9 Å². The standard InChI is InChI=1S/C11H18N2O3/c14-10-7-6-9(13(15)16)11(12-10)8-4-2-1-3-5-8/h8-9,11H,1-7H2,(H,12,14)/t9-,11-/m1/s1. The monoisotopic (exact) mass is 226 g/mol. The summed E-state index contributed by atoms with van der Waals surface area (Å²) in [6.45, 7) is 0. The number of piperidine rings is 1. The lowest BCUT2D eigenvalue weighted by molar-refractivity contribution is -0.530. The van der Waals surface area contributed by atoms with Crippen LogP contribution in [0.15, 0.2) is 0 Å². The number of carbonyl (C=O) groups excluding carboxylic acids is 1. The van der Waals surface area contributed by atoms with E-state index in [0.717, 1.165) is 25.7 Å². The molecule has 2 fully saturated rings. The molecular formula is C11H18N2O3. The second kappa shape index (κ2) is 4.80. The van der Waals surface area contributed by atoms with Crippen molar-refractivity contribution in [3.05, 3.63) is 10.1 Å². The van der Waals surface area contributed by atoms with Crippen LogP contribution in [0, 0.1) is 16.0 Å². The molecule has 5 nitrogen and oxygen atoms in total. The van der Waals surface area contributed by atoms with Gasteiger partial charge in [0.25, 0.3) is 0 Å². The van der Waals surface area contributed by atoms with Gasteiger partial charge in [-0.3, -0.25) is 14.9 Å². The van der Waals surface area contributed by atoms with E-state index >= 15 is 0 Å². The van der Waals surface area contributed by atoms with Gasteiger partial charge in [-0.25, -0.2) is 0 Å². The Kier molecular flexibility index (Phi) is 3.41. The van der Waals surface area contributed by atoms with E-state index < -0.39 is 6.04 Å². The maximum atomic E-state index is 11.4. The molecule has 1 amide bonds. The lowest BCUT2D eigenvalue weighted by Gasteiger charge is -2.34. The fourth-order valence-corrected chi connectivity index (χ4v) is 2.97. The van der Waals surface area contributed by atoms with E-state index in [4.69, 9.17) is 0 Å². The van der Waals surface area contributed by atoms with Gasteiger partial charge in [0.1, 0.15) is 0 Å². The minimum absolute atomic E-state index is 0.0197. The summed E-state index contributed by atoms with van der Waals surface area (Å²) in [6, 6.07) is -0.794. The minimum atomic E-state index is -0.569. The normalized spacial score (nSPS) is 32.1. The first-order valence-corrected chi connectivity index (χ1v) is 6.11. The van der Waals surface area contributed by atoms with E-state index in [1.165, 1.54) is 6.42 Å². The molecule has 90 valence electrons. The molecule has 0 spiro atoms. The van der Waals surface area contributed by atoms with Gasteiger partial charge in [0, 0.05) is 17.8 Å². The van der Waals surface area contributed by atoms with E-state index in [1.54, 1.807) is 0 Å². The summed E-state index contributed by atoms with van der Waals surface area (Å²) in [5.74, 6) is 0.294. The van der Waals surface area contributed by atoms with Crippen LogP contribution in [0.1, 0.15) is 44.9 Å². The molecule has 0 bridgehead atoms. The van der Waals surface area contributed by atoms with Crippen LogP contribution in [0.3, 0.4) is 0 Å². The number of hydrogen-bond acceptors (Lipinski definition) is 3. The lowest BCUT2D eigenvalue weighted by atomic mass is 9.79. The van der Waals surface area contributed by atoms with E-state index in [1.807, 2.05) is 0 Å². The van der Waals surface area contributed by atoms with Gasteiger partial charge in [0.05, 0.1) is 6.04 Å². The van der Waals surface area contributed by atoms with Crippen molar-refractivity contribution in [2.75, 3.05) is 0 Å². The summed E-state index contributed by atoms with van der Waals surface area (Å²) in [7, 11) is 0. The Bertz CT molecular complexity index is 287. The molecule has 1 saturated heterocycles. The van der Waals surface area contributed by atoms with Gasteiger partial charge in [-0.05, 0) is 18.8 Å². The first-order chi connectivity index (χ1) is 7.68. The molecular weight excluding hydrogens is 208 g/mol. The maximum absolute atomic E-state index is 11.4. The van der Waals surface area contributed by atoms with Gasteiger partial charge in [-0.1, -0.05) is 19.3 Å². The Morgan fingerprint density at radius 3 is 2.50 bits per heavy atom. The molecule has 2 aliphatic rings. The Labute approximate surface area is 94.7 Å². The van der Waals surface area contributed by atoms with Crippen molar-refractivity contribution in [1.82, 2.24) is 5.32 Å². The van der Waals surface area contributed by atoms with Crippen LogP contribution in [-0.4, -0.2) is 22.9 Å². The second-order valence-electron chi connectivity index (χ2n) is 4.88. The first kappa shape index (κ1) is 11.4. The summed E-state index contributed by atoms with van der Waals surface area (Å²) < 4.78 is 0. The van der Waals surface area contributed by atoms with Gasteiger partial charge in [0.2, 0.25) is 11.9 Å². The minimum Gasteiger partial charge on any atom is -0.346 e. The molecule has 0 aromatic carbocycles. The number of nitrogens with one attached hydrogen (secondary N) is 1. The largest absolute Gasteiger partial charge is 0.346 e. The second-order valence-corrected chi connectivity index (χ2v) is 4.88. The third kappa shape index (κ3) is 2.33. The summed E-state index contributed by atoms with van der Waals surface area (Å²) in [5.41, 5.74) is 0. The molecule has 0 radical (unpaired) electrons. The molecule has 1 heterocycles. The SMILES string of the molecule is O=C1CC[C@@H]([N+](=O)[O-])[C@@H](C2CCCCC2)N1. The highest BCUT2D eigenvalue weighted by molar-refractivity contribution is 5.77. The number of nitrogens with zero attached hydrogens (tertiary/aromatic N) is 1. The predicted octanol–water partition coefficient (Wildman–Crippen LogP) is 1.49. The summed E-state index contributed by atoms with van der Waals surface area (Å²) >= 11 is 0. The number of carbonyl (C=O) groups is 1. The average molecular weight is 226 g/mol. The van der Waals surface area contributed by atoms with Crippen molar-refractivity contribution in [2.24, 2.45) is 5.92 Å². The quantitative estimate of drug-likeness (QED) is 0.572. The van der Waals surface area contributed by atoms with Crippen LogP contribution < -0.4 is 5.32 Å². The van der Waals surface area contributed by atoms with Gasteiger partial charge in [-0.15, -0.1) is 0 Å². The van der Waals surface area contributed by atoms with Crippen molar-refractivity contribution >= 4 is 5.91 Å². The summed E-state index contributed by atoms with van der Waals surface area (Å²) in [5, 5.41) is 13.8. The molecule has 1 N–H and O–H groups in total. The van der Waals surface area contributed by atoms with Gasteiger partial charge >= 0.3 is 0 Å². The zero-order valence-electron chi connectivity index (χ0n) is 9.35. The zero-order chi connectivity index (χ0) is 11.5. The van der Waals surface area contributed by atoms with Crippen molar-refractivity contribution < 1.29 is 9.72 Å². The number of amides is 1. The van der Waals surface area contributed by atoms with Crippen LogP contribution in [0.5, 0.6) is 0 Å².